The summed E-state index contributed by atoms with van der Waals surface area (Å²) in [5, 5.41) is 0. The Hall–Kier alpha value is -2.18. The average molecular weight is 333 g/mol. The fourth-order valence-electron chi connectivity index (χ4n) is 2.14. The number of methoxy groups -OCH3 is 1. The summed E-state index contributed by atoms with van der Waals surface area (Å²) >= 11 is 0. The van der Waals surface area contributed by atoms with E-state index in [9.17, 15) is 13.2 Å². The fraction of sp³-hybridized carbons (Fsp3) is 0.235. The quantitative estimate of drug-likeness (QED) is 0.824. The monoisotopic (exact) mass is 333 g/mol. The van der Waals surface area contributed by atoms with Crippen molar-refractivity contribution < 1.29 is 17.9 Å². The Morgan fingerprint density at radius 3 is 2.22 bits per heavy atom. The summed E-state index contributed by atoms with van der Waals surface area (Å²) in [6.45, 7) is 1.99. The summed E-state index contributed by atoms with van der Waals surface area (Å²) in [4.78, 5) is 12.1. The molecule has 2 aromatic rings. The van der Waals surface area contributed by atoms with Crippen LogP contribution >= 0.6 is 0 Å². The second kappa shape index (κ2) is 7.39. The Morgan fingerprint density at radius 2 is 1.70 bits per heavy atom. The minimum Gasteiger partial charge on any atom is -0.468 e. The Balaban J connectivity index is 2.32. The van der Waals surface area contributed by atoms with Gasteiger partial charge in [0.05, 0.1) is 12.0 Å². The van der Waals surface area contributed by atoms with Crippen molar-refractivity contribution in [2.75, 3.05) is 7.11 Å². The molecule has 0 aromatic heterocycles. The molecular weight excluding hydrogens is 314 g/mol. The normalized spacial score (nSPS) is 12.6. The van der Waals surface area contributed by atoms with Crippen molar-refractivity contribution in [2.45, 2.75) is 24.3 Å². The maximum atomic E-state index is 12.5. The van der Waals surface area contributed by atoms with Gasteiger partial charge in [-0.3, -0.25) is 0 Å². The van der Waals surface area contributed by atoms with Crippen LogP contribution in [0.5, 0.6) is 0 Å². The highest BCUT2D eigenvalue weighted by atomic mass is 32.2. The third-order valence-electron chi connectivity index (χ3n) is 3.48. The number of aryl methyl sites for hydroxylation is 1. The van der Waals surface area contributed by atoms with E-state index in [1.807, 2.05) is 6.92 Å². The molecule has 6 heteroatoms. The summed E-state index contributed by atoms with van der Waals surface area (Å²) in [6.07, 6.45) is 0.822. The third kappa shape index (κ3) is 4.18. The van der Waals surface area contributed by atoms with Crippen LogP contribution in [0.15, 0.2) is 59.5 Å². The number of ether oxygens (including phenoxy) is 1. The van der Waals surface area contributed by atoms with E-state index in [2.05, 4.69) is 4.72 Å². The molecule has 0 bridgehead atoms. The molecular formula is C17H19NO4S. The van der Waals surface area contributed by atoms with E-state index < -0.39 is 22.0 Å². The SMILES string of the molecule is CCc1ccc(S(=O)(=O)NC(C(=O)OC)c2ccccc2)cc1. The second-order valence-corrected chi connectivity index (χ2v) is 6.70. The number of carbonyl (C=O) groups is 1. The smallest absolute Gasteiger partial charge is 0.328 e. The number of hydrogen-bond donors (Lipinski definition) is 1. The van der Waals surface area contributed by atoms with E-state index in [0.717, 1.165) is 12.0 Å². The first-order valence-electron chi connectivity index (χ1n) is 7.22. The van der Waals surface area contributed by atoms with Gasteiger partial charge in [-0.2, -0.15) is 4.72 Å². The van der Waals surface area contributed by atoms with Crippen LogP contribution in [0.3, 0.4) is 0 Å². The molecule has 0 aliphatic rings. The number of hydrogen-bond acceptors (Lipinski definition) is 4. The van der Waals surface area contributed by atoms with Crippen molar-refractivity contribution in [3.63, 3.8) is 0 Å². The number of nitrogens with one attached hydrogen (secondary N) is 1. The maximum Gasteiger partial charge on any atom is 0.328 e. The molecule has 0 amide bonds. The van der Waals surface area contributed by atoms with Gasteiger partial charge >= 0.3 is 5.97 Å². The van der Waals surface area contributed by atoms with Crippen molar-refractivity contribution in [2.24, 2.45) is 0 Å². The molecule has 23 heavy (non-hydrogen) atoms. The molecule has 0 saturated heterocycles. The van der Waals surface area contributed by atoms with Crippen LogP contribution in [-0.2, 0) is 26.0 Å². The lowest BCUT2D eigenvalue weighted by molar-refractivity contribution is -0.142. The zero-order valence-corrected chi connectivity index (χ0v) is 13.8. The fourth-order valence-corrected chi connectivity index (χ4v) is 3.32. The summed E-state index contributed by atoms with van der Waals surface area (Å²) in [5.41, 5.74) is 1.56. The first kappa shape index (κ1) is 17.2. The van der Waals surface area contributed by atoms with Crippen molar-refractivity contribution >= 4 is 16.0 Å². The van der Waals surface area contributed by atoms with Crippen LogP contribution in [0.2, 0.25) is 0 Å². The van der Waals surface area contributed by atoms with Gasteiger partial charge in [0, 0.05) is 0 Å². The molecule has 1 N–H and O–H groups in total. The minimum atomic E-state index is -3.84. The van der Waals surface area contributed by atoms with Gasteiger partial charge in [-0.25, -0.2) is 13.2 Å². The first-order chi connectivity index (χ1) is 11.0. The van der Waals surface area contributed by atoms with Crippen LogP contribution in [0, 0.1) is 0 Å². The highest BCUT2D eigenvalue weighted by Gasteiger charge is 2.27. The molecule has 0 radical (unpaired) electrons. The number of esters is 1. The Morgan fingerprint density at radius 1 is 1.09 bits per heavy atom. The van der Waals surface area contributed by atoms with E-state index in [1.165, 1.54) is 19.2 Å². The summed E-state index contributed by atoms with van der Waals surface area (Å²) < 4.78 is 32.2. The van der Waals surface area contributed by atoms with Gasteiger partial charge in [-0.15, -0.1) is 0 Å². The zero-order valence-electron chi connectivity index (χ0n) is 13.0. The minimum absolute atomic E-state index is 0.111. The molecule has 2 aromatic carbocycles. The van der Waals surface area contributed by atoms with Crippen LogP contribution in [0.25, 0.3) is 0 Å². The highest BCUT2D eigenvalue weighted by Crippen LogP contribution is 2.19. The van der Waals surface area contributed by atoms with Crippen molar-refractivity contribution in [3.8, 4) is 0 Å². The van der Waals surface area contributed by atoms with Gasteiger partial charge < -0.3 is 4.74 Å². The second-order valence-electron chi connectivity index (χ2n) is 4.99. The van der Waals surface area contributed by atoms with E-state index in [0.29, 0.717) is 5.56 Å². The molecule has 0 aliphatic heterocycles. The van der Waals surface area contributed by atoms with Gasteiger partial charge in [-0.05, 0) is 29.7 Å². The average Bonchev–Trinajstić information content (AvgIpc) is 2.60. The largest absolute Gasteiger partial charge is 0.468 e. The first-order valence-corrected chi connectivity index (χ1v) is 8.70. The molecule has 2 rings (SSSR count). The molecule has 0 saturated carbocycles. The van der Waals surface area contributed by atoms with Crippen LogP contribution in [0.1, 0.15) is 24.1 Å². The molecule has 1 atom stereocenters. The topological polar surface area (TPSA) is 72.5 Å². The lowest BCUT2D eigenvalue weighted by Gasteiger charge is -2.17. The van der Waals surface area contributed by atoms with E-state index in [-0.39, 0.29) is 4.90 Å². The molecule has 0 aliphatic carbocycles. The zero-order chi connectivity index (χ0) is 16.9. The number of benzene rings is 2. The Bertz CT molecular complexity index is 755. The van der Waals surface area contributed by atoms with Crippen molar-refractivity contribution in [1.82, 2.24) is 4.72 Å². The standard InChI is InChI=1S/C17H19NO4S/c1-3-13-9-11-15(12-10-13)23(20,21)18-16(17(19)22-2)14-7-5-4-6-8-14/h4-12,16,18H,3H2,1-2H3. The summed E-state index contributed by atoms with van der Waals surface area (Å²) in [6, 6.07) is 14.1. The maximum absolute atomic E-state index is 12.5. The molecule has 0 spiro atoms. The molecule has 5 nitrogen and oxygen atoms in total. The van der Waals surface area contributed by atoms with Gasteiger partial charge in [0.15, 0.2) is 0 Å². The van der Waals surface area contributed by atoms with Crippen LogP contribution < -0.4 is 4.72 Å². The van der Waals surface area contributed by atoms with Gasteiger partial charge in [0.2, 0.25) is 10.0 Å². The third-order valence-corrected chi connectivity index (χ3v) is 4.92. The van der Waals surface area contributed by atoms with Crippen molar-refractivity contribution in [1.29, 1.82) is 0 Å². The molecule has 1 unspecified atom stereocenters. The lowest BCUT2D eigenvalue weighted by atomic mass is 10.1. The summed E-state index contributed by atoms with van der Waals surface area (Å²) in [7, 11) is -2.61. The van der Waals surface area contributed by atoms with E-state index in [4.69, 9.17) is 4.74 Å². The van der Waals surface area contributed by atoms with Gasteiger partial charge in [0.1, 0.15) is 6.04 Å². The summed E-state index contributed by atoms with van der Waals surface area (Å²) in [5.74, 6) is -0.662. The Labute approximate surface area is 136 Å². The number of rotatable bonds is 6. The predicted molar refractivity (Wildman–Crippen MR) is 87.3 cm³/mol. The Kier molecular flexibility index (Phi) is 5.52. The molecule has 122 valence electrons. The van der Waals surface area contributed by atoms with E-state index in [1.54, 1.807) is 42.5 Å². The highest BCUT2D eigenvalue weighted by molar-refractivity contribution is 7.89. The van der Waals surface area contributed by atoms with Crippen molar-refractivity contribution in [3.05, 3.63) is 65.7 Å². The number of carbonyl (C=O) groups excluding carboxylic acids is 1. The van der Waals surface area contributed by atoms with Crippen LogP contribution in [-0.4, -0.2) is 21.5 Å². The van der Waals surface area contributed by atoms with Gasteiger partial charge in [0.25, 0.3) is 0 Å². The van der Waals surface area contributed by atoms with Crippen LogP contribution in [0.4, 0.5) is 0 Å². The van der Waals surface area contributed by atoms with E-state index >= 15 is 0 Å². The molecule has 0 heterocycles. The molecule has 0 fully saturated rings. The lowest BCUT2D eigenvalue weighted by Crippen LogP contribution is -2.34. The van der Waals surface area contributed by atoms with Gasteiger partial charge in [-0.1, -0.05) is 49.4 Å². The number of sulfonamides is 1. The predicted octanol–water partition coefficient (Wildman–Crippen LogP) is 2.44.